The van der Waals surface area contributed by atoms with E-state index in [1.165, 1.54) is 12.3 Å². The molecule has 1 aliphatic carbocycles. The third kappa shape index (κ3) is 2.34. The maximum absolute atomic E-state index is 11.2. The van der Waals surface area contributed by atoms with E-state index in [4.69, 9.17) is 0 Å². The van der Waals surface area contributed by atoms with E-state index in [2.05, 4.69) is 4.98 Å². The number of carboxylic acids is 1. The summed E-state index contributed by atoms with van der Waals surface area (Å²) in [5, 5.41) is 19.8. The second-order valence-electron chi connectivity index (χ2n) is 5.18. The van der Waals surface area contributed by atoms with Crippen LogP contribution in [-0.2, 0) is 6.42 Å². The normalized spacial score (nSPS) is 14.5. The maximum Gasteiger partial charge on any atom is 0.336 e. The molecule has 1 atom stereocenters. The smallest absolute Gasteiger partial charge is 0.336 e. The lowest BCUT2D eigenvalue weighted by molar-refractivity contribution is 0.0695. The molecular weight excluding hydrogens is 266 g/mol. The highest BCUT2D eigenvalue weighted by molar-refractivity contribution is 5.91. The average molecular weight is 281 g/mol. The van der Waals surface area contributed by atoms with Gasteiger partial charge in [-0.15, -0.1) is 0 Å². The molecule has 2 N–H and O–H groups in total. The van der Waals surface area contributed by atoms with Gasteiger partial charge in [-0.3, -0.25) is 4.98 Å². The second-order valence-corrected chi connectivity index (χ2v) is 5.18. The molecule has 106 valence electrons. The number of aryl methyl sites for hydroxylation is 1. The van der Waals surface area contributed by atoms with Crippen LogP contribution in [0.4, 0.5) is 0 Å². The van der Waals surface area contributed by atoms with Gasteiger partial charge in [-0.2, -0.15) is 0 Å². The number of rotatable bonds is 3. The SMILES string of the molecule is Cc1ccccc1C(O)C1=Cc2nccc(C(=O)O)c2C1. The highest BCUT2D eigenvalue weighted by atomic mass is 16.4. The lowest BCUT2D eigenvalue weighted by atomic mass is 9.95. The van der Waals surface area contributed by atoms with Crippen LogP contribution in [0.5, 0.6) is 0 Å². The van der Waals surface area contributed by atoms with Gasteiger partial charge in [0.25, 0.3) is 0 Å². The Bertz CT molecular complexity index is 749. The molecule has 0 spiro atoms. The van der Waals surface area contributed by atoms with Crippen LogP contribution in [0.25, 0.3) is 6.08 Å². The Balaban J connectivity index is 1.96. The fourth-order valence-electron chi connectivity index (χ4n) is 2.72. The van der Waals surface area contributed by atoms with Crippen molar-refractivity contribution in [1.82, 2.24) is 4.98 Å². The van der Waals surface area contributed by atoms with Crippen LogP contribution in [0.1, 0.15) is 38.8 Å². The average Bonchev–Trinajstić information content (AvgIpc) is 2.90. The Hall–Kier alpha value is -2.46. The van der Waals surface area contributed by atoms with Crippen molar-refractivity contribution in [1.29, 1.82) is 0 Å². The van der Waals surface area contributed by atoms with Gasteiger partial charge in [-0.25, -0.2) is 4.79 Å². The minimum Gasteiger partial charge on any atom is -0.478 e. The zero-order valence-corrected chi connectivity index (χ0v) is 11.6. The van der Waals surface area contributed by atoms with Crippen LogP contribution in [0.15, 0.2) is 42.1 Å². The molecule has 1 aromatic carbocycles. The molecule has 0 aliphatic heterocycles. The molecule has 4 heteroatoms. The number of benzene rings is 1. The van der Waals surface area contributed by atoms with E-state index >= 15 is 0 Å². The van der Waals surface area contributed by atoms with Gasteiger partial charge in [-0.05, 0) is 47.8 Å². The Morgan fingerprint density at radius 2 is 2.05 bits per heavy atom. The molecule has 0 fully saturated rings. The summed E-state index contributed by atoms with van der Waals surface area (Å²) in [4.78, 5) is 15.4. The zero-order chi connectivity index (χ0) is 15.0. The van der Waals surface area contributed by atoms with E-state index in [1.807, 2.05) is 31.2 Å². The highest BCUT2D eigenvalue weighted by Gasteiger charge is 2.25. The molecule has 0 saturated carbocycles. The van der Waals surface area contributed by atoms with Gasteiger partial charge in [0.15, 0.2) is 0 Å². The van der Waals surface area contributed by atoms with Crippen LogP contribution >= 0.6 is 0 Å². The van der Waals surface area contributed by atoms with Crippen molar-refractivity contribution in [2.45, 2.75) is 19.4 Å². The summed E-state index contributed by atoms with van der Waals surface area (Å²) in [7, 11) is 0. The number of carboxylic acid groups (broad SMARTS) is 1. The molecule has 21 heavy (non-hydrogen) atoms. The number of aliphatic hydroxyl groups is 1. The minimum absolute atomic E-state index is 0.253. The number of aromatic nitrogens is 1. The largest absolute Gasteiger partial charge is 0.478 e. The number of pyridine rings is 1. The number of nitrogens with zero attached hydrogens (tertiary/aromatic N) is 1. The summed E-state index contributed by atoms with van der Waals surface area (Å²) in [6, 6.07) is 9.14. The lowest BCUT2D eigenvalue weighted by Crippen LogP contribution is -2.06. The first-order chi connectivity index (χ1) is 10.1. The summed E-state index contributed by atoms with van der Waals surface area (Å²) in [5.74, 6) is -0.964. The maximum atomic E-state index is 11.2. The summed E-state index contributed by atoms with van der Waals surface area (Å²) >= 11 is 0. The van der Waals surface area contributed by atoms with Gasteiger partial charge >= 0.3 is 5.97 Å². The van der Waals surface area contributed by atoms with Gasteiger partial charge in [0.05, 0.1) is 11.3 Å². The van der Waals surface area contributed by atoms with Crippen molar-refractivity contribution in [3.8, 4) is 0 Å². The molecule has 2 aromatic rings. The van der Waals surface area contributed by atoms with Crippen molar-refractivity contribution in [2.24, 2.45) is 0 Å². The molecule has 0 radical (unpaired) electrons. The molecule has 1 heterocycles. The van der Waals surface area contributed by atoms with Crippen molar-refractivity contribution < 1.29 is 15.0 Å². The van der Waals surface area contributed by atoms with Gasteiger partial charge in [0, 0.05) is 6.20 Å². The topological polar surface area (TPSA) is 70.4 Å². The lowest BCUT2D eigenvalue weighted by Gasteiger charge is -2.15. The molecule has 3 rings (SSSR count). The van der Waals surface area contributed by atoms with Crippen LogP contribution in [0, 0.1) is 6.92 Å². The van der Waals surface area contributed by atoms with Gasteiger partial charge in [0.1, 0.15) is 6.10 Å². The van der Waals surface area contributed by atoms with E-state index < -0.39 is 12.1 Å². The molecule has 0 bridgehead atoms. The van der Waals surface area contributed by atoms with Crippen LogP contribution in [0.2, 0.25) is 0 Å². The van der Waals surface area contributed by atoms with E-state index in [-0.39, 0.29) is 5.56 Å². The fourth-order valence-corrected chi connectivity index (χ4v) is 2.72. The van der Waals surface area contributed by atoms with Gasteiger partial charge < -0.3 is 10.2 Å². The third-order valence-corrected chi connectivity index (χ3v) is 3.86. The Labute approximate surface area is 122 Å². The van der Waals surface area contributed by atoms with Crippen LogP contribution in [-0.4, -0.2) is 21.2 Å². The summed E-state index contributed by atoms with van der Waals surface area (Å²) in [6.07, 6.45) is 2.96. The molecule has 1 unspecified atom stereocenters. The number of carbonyl (C=O) groups is 1. The van der Waals surface area contributed by atoms with Gasteiger partial charge in [0.2, 0.25) is 0 Å². The Kier molecular flexibility index (Phi) is 3.31. The molecule has 1 aromatic heterocycles. The molecule has 0 amide bonds. The minimum atomic E-state index is -0.964. The summed E-state index contributed by atoms with van der Waals surface area (Å²) in [6.45, 7) is 1.95. The van der Waals surface area contributed by atoms with Crippen molar-refractivity contribution in [3.05, 3.63) is 70.0 Å². The predicted molar refractivity (Wildman–Crippen MR) is 79.0 cm³/mol. The quantitative estimate of drug-likeness (QED) is 0.907. The zero-order valence-electron chi connectivity index (χ0n) is 11.6. The summed E-state index contributed by atoms with van der Waals surface area (Å²) < 4.78 is 0. The molecule has 0 saturated heterocycles. The van der Waals surface area contributed by atoms with E-state index in [9.17, 15) is 15.0 Å². The predicted octanol–water partition coefficient (Wildman–Crippen LogP) is 2.76. The first-order valence-electron chi connectivity index (χ1n) is 6.73. The van der Waals surface area contributed by atoms with Crippen LogP contribution < -0.4 is 0 Å². The van der Waals surface area contributed by atoms with Crippen LogP contribution in [0.3, 0.4) is 0 Å². The van der Waals surface area contributed by atoms with Crippen molar-refractivity contribution in [2.75, 3.05) is 0 Å². The van der Waals surface area contributed by atoms with E-state index in [0.717, 1.165) is 16.7 Å². The highest BCUT2D eigenvalue weighted by Crippen LogP contribution is 2.34. The van der Waals surface area contributed by atoms with Gasteiger partial charge in [-0.1, -0.05) is 24.3 Å². The molecular formula is C17H15NO3. The third-order valence-electron chi connectivity index (χ3n) is 3.86. The number of aromatic carboxylic acids is 1. The Morgan fingerprint density at radius 1 is 1.29 bits per heavy atom. The van der Waals surface area contributed by atoms with Crippen molar-refractivity contribution >= 4 is 12.0 Å². The monoisotopic (exact) mass is 281 g/mol. The summed E-state index contributed by atoms with van der Waals surface area (Å²) in [5.41, 5.74) is 4.19. The first-order valence-corrected chi connectivity index (χ1v) is 6.73. The van der Waals surface area contributed by atoms with Crippen molar-refractivity contribution in [3.63, 3.8) is 0 Å². The number of hydrogen-bond donors (Lipinski definition) is 2. The molecule has 4 nitrogen and oxygen atoms in total. The molecule has 1 aliphatic rings. The fraction of sp³-hybridized carbons (Fsp3) is 0.176. The number of aliphatic hydroxyl groups excluding tert-OH is 1. The number of hydrogen-bond acceptors (Lipinski definition) is 3. The first kappa shape index (κ1) is 13.5. The standard InChI is InChI=1S/C17H15NO3/c1-10-4-2-3-5-12(10)16(19)11-8-14-13(17(20)21)6-7-18-15(14)9-11/h2-7,9,16,19H,8H2,1H3,(H,20,21). The number of fused-ring (bicyclic) bond motifs is 1. The Morgan fingerprint density at radius 3 is 2.76 bits per heavy atom. The second kappa shape index (κ2) is 5.14. The van der Waals surface area contributed by atoms with E-state index in [1.54, 1.807) is 6.08 Å². The van der Waals surface area contributed by atoms with E-state index in [0.29, 0.717) is 17.7 Å².